The first kappa shape index (κ1) is 13.8. The smallest absolute Gasteiger partial charge is 0.123 e. The molecule has 0 aliphatic heterocycles. The number of likely N-dealkylation sites (N-methyl/N-ethyl adjacent to an activating group) is 1. The van der Waals surface area contributed by atoms with Gasteiger partial charge >= 0.3 is 0 Å². The highest BCUT2D eigenvalue weighted by atomic mass is 19.1. The fourth-order valence-electron chi connectivity index (χ4n) is 2.45. The molecule has 0 fully saturated rings. The molecule has 2 atom stereocenters. The number of nitrogens with one attached hydrogen (secondary N) is 1. The van der Waals surface area contributed by atoms with Crippen molar-refractivity contribution < 1.29 is 4.39 Å². The third-order valence-corrected chi connectivity index (χ3v) is 3.46. The van der Waals surface area contributed by atoms with E-state index in [1.807, 2.05) is 24.3 Å². The molecule has 0 radical (unpaired) electrons. The van der Waals surface area contributed by atoms with E-state index in [0.717, 1.165) is 12.1 Å². The van der Waals surface area contributed by atoms with E-state index < -0.39 is 0 Å². The summed E-state index contributed by atoms with van der Waals surface area (Å²) in [7, 11) is 0. The maximum atomic E-state index is 13.4. The Bertz CT molecular complexity index is 510. The van der Waals surface area contributed by atoms with Crippen LogP contribution < -0.4 is 5.32 Å². The highest BCUT2D eigenvalue weighted by Gasteiger charge is 2.20. The van der Waals surface area contributed by atoms with Crippen LogP contribution in [0.25, 0.3) is 0 Å². The number of hydrogen-bond acceptors (Lipinski definition) is 1. The fourth-order valence-corrected chi connectivity index (χ4v) is 2.45. The summed E-state index contributed by atoms with van der Waals surface area (Å²) in [6.45, 7) is 5.11. The number of halogens is 1. The van der Waals surface area contributed by atoms with Gasteiger partial charge in [-0.2, -0.15) is 0 Å². The number of benzene rings is 2. The molecule has 1 nitrogen and oxygen atoms in total. The van der Waals surface area contributed by atoms with Gasteiger partial charge in [0.2, 0.25) is 0 Å². The van der Waals surface area contributed by atoms with Crippen molar-refractivity contribution in [1.82, 2.24) is 5.32 Å². The fraction of sp³-hybridized carbons (Fsp3) is 0.294. The van der Waals surface area contributed by atoms with Crippen LogP contribution in [0, 0.1) is 5.82 Å². The van der Waals surface area contributed by atoms with Gasteiger partial charge in [-0.15, -0.1) is 0 Å². The summed E-state index contributed by atoms with van der Waals surface area (Å²) in [5.41, 5.74) is 2.26. The lowest BCUT2D eigenvalue weighted by Crippen LogP contribution is -2.25. The van der Waals surface area contributed by atoms with Gasteiger partial charge in [0.25, 0.3) is 0 Å². The van der Waals surface area contributed by atoms with Crippen molar-refractivity contribution in [1.29, 1.82) is 0 Å². The van der Waals surface area contributed by atoms with E-state index in [1.54, 1.807) is 12.1 Å². The van der Waals surface area contributed by atoms with Gasteiger partial charge in [-0.1, -0.05) is 56.3 Å². The second kappa shape index (κ2) is 6.48. The van der Waals surface area contributed by atoms with E-state index in [1.165, 1.54) is 11.6 Å². The van der Waals surface area contributed by atoms with E-state index in [4.69, 9.17) is 0 Å². The predicted octanol–water partition coefficient (Wildman–Crippen LogP) is 4.28. The molecule has 1 N–H and O–H groups in total. The Balaban J connectivity index is 2.30. The van der Waals surface area contributed by atoms with Crippen molar-refractivity contribution in [2.24, 2.45) is 0 Å². The van der Waals surface area contributed by atoms with Crippen molar-refractivity contribution in [3.8, 4) is 0 Å². The number of rotatable bonds is 5. The predicted molar refractivity (Wildman–Crippen MR) is 77.7 cm³/mol. The van der Waals surface area contributed by atoms with Crippen molar-refractivity contribution >= 4 is 0 Å². The third-order valence-electron chi connectivity index (χ3n) is 3.46. The summed E-state index contributed by atoms with van der Waals surface area (Å²) in [4.78, 5) is 0. The van der Waals surface area contributed by atoms with Gasteiger partial charge < -0.3 is 5.32 Å². The Labute approximate surface area is 114 Å². The summed E-state index contributed by atoms with van der Waals surface area (Å²) < 4.78 is 13.4. The lowest BCUT2D eigenvalue weighted by atomic mass is 9.88. The second-order valence-electron chi connectivity index (χ2n) is 4.79. The molecular weight excluding hydrogens is 237 g/mol. The van der Waals surface area contributed by atoms with Crippen molar-refractivity contribution in [3.05, 3.63) is 71.5 Å². The van der Waals surface area contributed by atoms with Crippen LogP contribution in [0.15, 0.2) is 54.6 Å². The van der Waals surface area contributed by atoms with Gasteiger partial charge in [-0.05, 0) is 29.8 Å². The van der Waals surface area contributed by atoms with Crippen LogP contribution in [0.5, 0.6) is 0 Å². The van der Waals surface area contributed by atoms with E-state index in [9.17, 15) is 4.39 Å². The minimum atomic E-state index is -0.180. The molecule has 0 aliphatic carbocycles. The highest BCUT2D eigenvalue weighted by Crippen LogP contribution is 2.30. The van der Waals surface area contributed by atoms with Crippen LogP contribution in [0.3, 0.4) is 0 Å². The normalized spacial score (nSPS) is 14.1. The van der Waals surface area contributed by atoms with Crippen molar-refractivity contribution in [2.75, 3.05) is 6.54 Å². The monoisotopic (exact) mass is 257 g/mol. The van der Waals surface area contributed by atoms with Gasteiger partial charge in [0.15, 0.2) is 0 Å². The molecule has 0 amide bonds. The maximum absolute atomic E-state index is 13.4. The molecule has 2 aromatic rings. The van der Waals surface area contributed by atoms with E-state index in [-0.39, 0.29) is 11.9 Å². The van der Waals surface area contributed by atoms with Crippen LogP contribution in [0.2, 0.25) is 0 Å². The number of hydrogen-bond donors (Lipinski definition) is 1. The molecule has 100 valence electrons. The summed E-state index contributed by atoms with van der Waals surface area (Å²) in [5.74, 6) is 0.114. The molecular formula is C17H20FN. The average Bonchev–Trinajstić information content (AvgIpc) is 2.45. The van der Waals surface area contributed by atoms with Gasteiger partial charge in [0.1, 0.15) is 5.82 Å². The van der Waals surface area contributed by atoms with Crippen LogP contribution in [0.4, 0.5) is 4.39 Å². The van der Waals surface area contributed by atoms with Gasteiger partial charge in [-0.25, -0.2) is 4.39 Å². The summed E-state index contributed by atoms with van der Waals surface area (Å²) in [6.07, 6.45) is 0. The van der Waals surface area contributed by atoms with Crippen LogP contribution in [-0.2, 0) is 0 Å². The first-order valence-electron chi connectivity index (χ1n) is 6.76. The van der Waals surface area contributed by atoms with Gasteiger partial charge in [0.05, 0.1) is 0 Å². The van der Waals surface area contributed by atoms with Gasteiger partial charge in [0, 0.05) is 12.0 Å². The summed E-state index contributed by atoms with van der Waals surface area (Å²) >= 11 is 0. The lowest BCUT2D eigenvalue weighted by molar-refractivity contribution is 0.476. The quantitative estimate of drug-likeness (QED) is 0.843. The van der Waals surface area contributed by atoms with Gasteiger partial charge in [-0.3, -0.25) is 0 Å². The Hall–Kier alpha value is -1.67. The molecule has 0 aromatic heterocycles. The van der Waals surface area contributed by atoms with Crippen molar-refractivity contribution in [3.63, 3.8) is 0 Å². The standard InChI is InChI=1S/C17H20FN/c1-3-19-17(15-10-7-11-16(18)12-15)13(2)14-8-5-4-6-9-14/h4-13,17,19H,3H2,1-2H3. The Kier molecular flexibility index (Phi) is 4.69. The molecule has 2 heteroatoms. The molecule has 0 saturated carbocycles. The SMILES string of the molecule is CCNC(c1cccc(F)c1)C(C)c1ccccc1. The van der Waals surface area contributed by atoms with E-state index >= 15 is 0 Å². The van der Waals surface area contributed by atoms with Crippen LogP contribution >= 0.6 is 0 Å². The minimum Gasteiger partial charge on any atom is -0.310 e. The largest absolute Gasteiger partial charge is 0.310 e. The molecule has 0 spiro atoms. The second-order valence-corrected chi connectivity index (χ2v) is 4.79. The zero-order valence-electron chi connectivity index (χ0n) is 11.4. The lowest BCUT2D eigenvalue weighted by Gasteiger charge is -2.25. The van der Waals surface area contributed by atoms with Crippen molar-refractivity contribution in [2.45, 2.75) is 25.8 Å². The molecule has 0 aliphatic rings. The third kappa shape index (κ3) is 3.42. The minimum absolute atomic E-state index is 0.128. The Morgan fingerprint density at radius 2 is 1.68 bits per heavy atom. The van der Waals surface area contributed by atoms with E-state index in [2.05, 4.69) is 31.3 Å². The first-order valence-corrected chi connectivity index (χ1v) is 6.76. The molecule has 19 heavy (non-hydrogen) atoms. The summed E-state index contributed by atoms with van der Waals surface area (Å²) in [6, 6.07) is 17.3. The zero-order valence-corrected chi connectivity index (χ0v) is 11.4. The van der Waals surface area contributed by atoms with Crippen LogP contribution in [-0.4, -0.2) is 6.54 Å². The molecule has 0 saturated heterocycles. The molecule has 2 aromatic carbocycles. The van der Waals surface area contributed by atoms with Crippen LogP contribution in [0.1, 0.15) is 36.9 Å². The first-order chi connectivity index (χ1) is 9.22. The average molecular weight is 257 g/mol. The highest BCUT2D eigenvalue weighted by molar-refractivity contribution is 5.27. The maximum Gasteiger partial charge on any atom is 0.123 e. The molecule has 0 bridgehead atoms. The summed E-state index contributed by atoms with van der Waals surface area (Å²) in [5, 5.41) is 3.46. The Morgan fingerprint density at radius 1 is 1.00 bits per heavy atom. The zero-order chi connectivity index (χ0) is 13.7. The Morgan fingerprint density at radius 3 is 2.32 bits per heavy atom. The topological polar surface area (TPSA) is 12.0 Å². The molecule has 2 unspecified atom stereocenters. The molecule has 0 heterocycles. The van der Waals surface area contributed by atoms with E-state index in [0.29, 0.717) is 5.92 Å². The molecule has 2 rings (SSSR count).